The molecule has 1 atom stereocenters. The number of aromatic amines is 1. The Morgan fingerprint density at radius 1 is 1.32 bits per heavy atom. The van der Waals surface area contributed by atoms with Crippen molar-refractivity contribution in [3.05, 3.63) is 41.2 Å². The standard InChI is InChI=1S/C17H17N5O2S/c1-10(23)18-17-21-13(9-25-17)16(24)22-8-4-7-14(22)15-19-11-5-2-3-6-12(11)20-15/h2-3,5-6,9,14H,4,7-8H2,1H3,(H,19,20)(H,18,21,23)/t14-/m1/s1. The monoisotopic (exact) mass is 355 g/mol. The fourth-order valence-corrected chi connectivity index (χ4v) is 3.88. The van der Waals surface area contributed by atoms with Gasteiger partial charge >= 0.3 is 0 Å². The van der Waals surface area contributed by atoms with Crippen LogP contribution in [0.4, 0.5) is 5.13 Å². The molecule has 3 heterocycles. The normalized spacial score (nSPS) is 17.2. The summed E-state index contributed by atoms with van der Waals surface area (Å²) in [5, 5.41) is 4.73. The van der Waals surface area contributed by atoms with Gasteiger partial charge in [0.2, 0.25) is 5.91 Å². The van der Waals surface area contributed by atoms with Gasteiger partial charge in [-0.05, 0) is 25.0 Å². The van der Waals surface area contributed by atoms with Crippen molar-refractivity contribution in [2.75, 3.05) is 11.9 Å². The van der Waals surface area contributed by atoms with Crippen molar-refractivity contribution in [2.45, 2.75) is 25.8 Å². The van der Waals surface area contributed by atoms with Crippen molar-refractivity contribution in [1.29, 1.82) is 0 Å². The maximum absolute atomic E-state index is 12.9. The average Bonchev–Trinajstić information content (AvgIpc) is 3.31. The molecule has 1 aliphatic heterocycles. The van der Waals surface area contributed by atoms with Gasteiger partial charge in [0.1, 0.15) is 11.5 Å². The van der Waals surface area contributed by atoms with Gasteiger partial charge in [-0.3, -0.25) is 9.59 Å². The molecular formula is C17H17N5O2S. The number of nitrogens with zero attached hydrogens (tertiary/aromatic N) is 3. The number of nitrogens with one attached hydrogen (secondary N) is 2. The molecule has 0 spiro atoms. The van der Waals surface area contributed by atoms with E-state index in [4.69, 9.17) is 0 Å². The third-order valence-electron chi connectivity index (χ3n) is 4.24. The van der Waals surface area contributed by atoms with Gasteiger partial charge in [-0.1, -0.05) is 12.1 Å². The lowest BCUT2D eigenvalue weighted by molar-refractivity contribution is -0.114. The summed E-state index contributed by atoms with van der Waals surface area (Å²) in [6.45, 7) is 2.09. The fraction of sp³-hybridized carbons (Fsp3) is 0.294. The lowest BCUT2D eigenvalue weighted by Crippen LogP contribution is -2.31. The highest BCUT2D eigenvalue weighted by Crippen LogP contribution is 2.33. The molecule has 0 aliphatic carbocycles. The molecule has 0 bridgehead atoms. The molecular weight excluding hydrogens is 338 g/mol. The van der Waals surface area contributed by atoms with Crippen molar-refractivity contribution < 1.29 is 9.59 Å². The molecule has 0 radical (unpaired) electrons. The summed E-state index contributed by atoms with van der Waals surface area (Å²) < 4.78 is 0. The Hall–Kier alpha value is -2.74. The second-order valence-corrected chi connectivity index (χ2v) is 6.87. The Morgan fingerprint density at radius 2 is 2.16 bits per heavy atom. The SMILES string of the molecule is CC(=O)Nc1nc(C(=O)N2CCC[C@@H]2c2nc3ccccc3[nH]2)cs1. The first-order chi connectivity index (χ1) is 12.1. The number of anilines is 1. The van der Waals surface area contributed by atoms with E-state index in [0.717, 1.165) is 29.7 Å². The predicted molar refractivity (Wildman–Crippen MR) is 95.5 cm³/mol. The Labute approximate surface area is 148 Å². The topological polar surface area (TPSA) is 91.0 Å². The zero-order chi connectivity index (χ0) is 17.4. The zero-order valence-corrected chi connectivity index (χ0v) is 14.5. The lowest BCUT2D eigenvalue weighted by Gasteiger charge is -2.22. The van der Waals surface area contributed by atoms with Crippen LogP contribution in [0.1, 0.15) is 42.1 Å². The second kappa shape index (κ2) is 6.29. The van der Waals surface area contributed by atoms with Crippen LogP contribution >= 0.6 is 11.3 Å². The van der Waals surface area contributed by atoms with Crippen LogP contribution in [-0.2, 0) is 4.79 Å². The average molecular weight is 355 g/mol. The molecule has 1 aliphatic rings. The minimum absolute atomic E-state index is 0.0779. The van der Waals surface area contributed by atoms with Crippen molar-refractivity contribution in [2.24, 2.45) is 0 Å². The van der Waals surface area contributed by atoms with Crippen LogP contribution in [0, 0.1) is 0 Å². The van der Waals surface area contributed by atoms with Gasteiger partial charge in [-0.15, -0.1) is 11.3 Å². The highest BCUT2D eigenvalue weighted by Gasteiger charge is 2.33. The van der Waals surface area contributed by atoms with E-state index in [9.17, 15) is 9.59 Å². The largest absolute Gasteiger partial charge is 0.340 e. The molecule has 4 rings (SSSR count). The van der Waals surface area contributed by atoms with Gasteiger partial charge in [0.25, 0.3) is 5.91 Å². The third kappa shape index (κ3) is 3.00. The molecule has 1 saturated heterocycles. The number of fused-ring (bicyclic) bond motifs is 1. The number of hydrogen-bond acceptors (Lipinski definition) is 5. The number of para-hydroxylation sites is 2. The van der Waals surface area contributed by atoms with E-state index in [1.807, 2.05) is 29.2 Å². The van der Waals surface area contributed by atoms with Gasteiger partial charge < -0.3 is 15.2 Å². The number of rotatable bonds is 3. The number of benzene rings is 1. The molecule has 2 amide bonds. The zero-order valence-electron chi connectivity index (χ0n) is 13.7. The number of carbonyl (C=O) groups is 2. The van der Waals surface area contributed by atoms with E-state index >= 15 is 0 Å². The molecule has 7 nitrogen and oxygen atoms in total. The van der Waals surface area contributed by atoms with Crippen LogP contribution in [0.3, 0.4) is 0 Å². The maximum Gasteiger partial charge on any atom is 0.274 e. The number of likely N-dealkylation sites (tertiary alicyclic amines) is 1. The summed E-state index contributed by atoms with van der Waals surface area (Å²) in [4.78, 5) is 38.0. The van der Waals surface area contributed by atoms with E-state index < -0.39 is 0 Å². The van der Waals surface area contributed by atoms with Gasteiger partial charge in [0.05, 0.1) is 17.1 Å². The summed E-state index contributed by atoms with van der Waals surface area (Å²) in [6, 6.07) is 7.76. The summed E-state index contributed by atoms with van der Waals surface area (Å²) >= 11 is 1.25. The van der Waals surface area contributed by atoms with Crippen molar-refractivity contribution in [1.82, 2.24) is 19.9 Å². The molecule has 2 aromatic heterocycles. The summed E-state index contributed by atoms with van der Waals surface area (Å²) in [7, 11) is 0. The van der Waals surface area contributed by atoms with Crippen LogP contribution in [0.5, 0.6) is 0 Å². The smallest absolute Gasteiger partial charge is 0.274 e. The van der Waals surface area contributed by atoms with Crippen LogP contribution in [0.25, 0.3) is 11.0 Å². The Balaban J connectivity index is 1.59. The summed E-state index contributed by atoms with van der Waals surface area (Å²) in [6.07, 6.45) is 1.80. The van der Waals surface area contributed by atoms with E-state index in [-0.39, 0.29) is 17.9 Å². The van der Waals surface area contributed by atoms with E-state index in [2.05, 4.69) is 20.3 Å². The molecule has 1 fully saturated rings. The lowest BCUT2D eigenvalue weighted by atomic mass is 10.2. The Kier molecular flexibility index (Phi) is 3.96. The Bertz CT molecular complexity index is 914. The molecule has 0 saturated carbocycles. The van der Waals surface area contributed by atoms with Crippen molar-refractivity contribution in [3.63, 3.8) is 0 Å². The number of hydrogen-bond donors (Lipinski definition) is 2. The minimum atomic E-state index is -0.199. The van der Waals surface area contributed by atoms with Gasteiger partial charge in [-0.25, -0.2) is 9.97 Å². The first-order valence-corrected chi connectivity index (χ1v) is 8.98. The van der Waals surface area contributed by atoms with Crippen molar-refractivity contribution in [3.8, 4) is 0 Å². The number of amides is 2. The van der Waals surface area contributed by atoms with Gasteiger partial charge in [-0.2, -0.15) is 0 Å². The highest BCUT2D eigenvalue weighted by atomic mass is 32.1. The van der Waals surface area contributed by atoms with Gasteiger partial charge in [0.15, 0.2) is 5.13 Å². The van der Waals surface area contributed by atoms with Crippen LogP contribution < -0.4 is 5.32 Å². The fourth-order valence-electron chi connectivity index (χ4n) is 3.15. The second-order valence-electron chi connectivity index (χ2n) is 6.01. The predicted octanol–water partition coefficient (Wildman–Crippen LogP) is 2.96. The van der Waals surface area contributed by atoms with E-state index in [0.29, 0.717) is 17.4 Å². The van der Waals surface area contributed by atoms with E-state index in [1.165, 1.54) is 18.3 Å². The van der Waals surface area contributed by atoms with Crippen LogP contribution in [0.2, 0.25) is 0 Å². The first-order valence-electron chi connectivity index (χ1n) is 8.10. The first kappa shape index (κ1) is 15.8. The number of thiazole rings is 1. The highest BCUT2D eigenvalue weighted by molar-refractivity contribution is 7.14. The minimum Gasteiger partial charge on any atom is -0.340 e. The quantitative estimate of drug-likeness (QED) is 0.756. The molecule has 25 heavy (non-hydrogen) atoms. The Morgan fingerprint density at radius 3 is 2.96 bits per heavy atom. The third-order valence-corrected chi connectivity index (χ3v) is 5.00. The van der Waals surface area contributed by atoms with Crippen molar-refractivity contribution >= 4 is 39.3 Å². The van der Waals surface area contributed by atoms with E-state index in [1.54, 1.807) is 5.38 Å². The van der Waals surface area contributed by atoms with Crippen LogP contribution in [-0.4, -0.2) is 38.2 Å². The number of aromatic nitrogens is 3. The number of imidazole rings is 1. The molecule has 1 aromatic carbocycles. The molecule has 128 valence electrons. The summed E-state index contributed by atoms with van der Waals surface area (Å²) in [5.41, 5.74) is 2.23. The summed E-state index contributed by atoms with van der Waals surface area (Å²) in [5.74, 6) is 0.481. The number of carbonyl (C=O) groups excluding carboxylic acids is 2. The molecule has 8 heteroatoms. The molecule has 2 N–H and O–H groups in total. The van der Waals surface area contributed by atoms with Crippen LogP contribution in [0.15, 0.2) is 29.6 Å². The maximum atomic E-state index is 12.9. The molecule has 0 unspecified atom stereocenters. The number of H-pyrrole nitrogens is 1. The molecule has 3 aromatic rings. The van der Waals surface area contributed by atoms with Gasteiger partial charge in [0, 0.05) is 18.8 Å².